The molecule has 1 aliphatic heterocycles. The zero-order valence-electron chi connectivity index (χ0n) is 14.2. The Kier molecular flexibility index (Phi) is 4.52. The van der Waals surface area contributed by atoms with E-state index in [1.54, 1.807) is 0 Å². The standard InChI is InChI=1S/C17H16BCl2FO4/c1-16(2)17(3,4)25-18(24-16)13(21)5-9-8-23-15-11(14(9)22)6-10(19)7-12(15)20/h5-8H,1-4H3. The Labute approximate surface area is 154 Å². The van der Waals surface area contributed by atoms with E-state index < -0.39 is 29.5 Å². The first-order valence-electron chi connectivity index (χ1n) is 7.65. The molecule has 0 unspecified atom stereocenters. The normalized spacial score (nSPS) is 19.6. The maximum absolute atomic E-state index is 14.6. The summed E-state index contributed by atoms with van der Waals surface area (Å²) in [5, 5.41) is 0.673. The van der Waals surface area contributed by atoms with Crippen molar-refractivity contribution in [1.29, 1.82) is 0 Å². The highest BCUT2D eigenvalue weighted by Gasteiger charge is 2.53. The van der Waals surface area contributed by atoms with E-state index in [0.29, 0.717) is 0 Å². The van der Waals surface area contributed by atoms with Gasteiger partial charge in [-0.25, -0.2) is 4.39 Å². The lowest BCUT2D eigenvalue weighted by molar-refractivity contribution is 0.00578. The summed E-state index contributed by atoms with van der Waals surface area (Å²) in [4.78, 5) is 12.6. The molecule has 2 heterocycles. The van der Waals surface area contributed by atoms with E-state index in [0.717, 1.165) is 12.3 Å². The summed E-state index contributed by atoms with van der Waals surface area (Å²) >= 11 is 11.9. The van der Waals surface area contributed by atoms with Gasteiger partial charge in [-0.05, 0) is 45.9 Å². The summed E-state index contributed by atoms with van der Waals surface area (Å²) in [6.45, 7) is 7.26. The number of hydrogen-bond acceptors (Lipinski definition) is 4. The first-order chi connectivity index (χ1) is 11.5. The maximum Gasteiger partial charge on any atom is 0.525 e. The van der Waals surface area contributed by atoms with Gasteiger partial charge in [-0.15, -0.1) is 0 Å². The SMILES string of the molecule is CC1(C)OB(C(F)=Cc2coc3c(Cl)cc(Cl)cc3c2=O)OC1(C)C. The van der Waals surface area contributed by atoms with Crippen LogP contribution in [0.1, 0.15) is 33.3 Å². The van der Waals surface area contributed by atoms with Gasteiger partial charge in [0.15, 0.2) is 11.0 Å². The topological polar surface area (TPSA) is 48.7 Å². The zero-order chi connectivity index (χ0) is 18.6. The van der Waals surface area contributed by atoms with E-state index in [4.69, 9.17) is 36.9 Å². The molecule has 0 atom stereocenters. The lowest BCUT2D eigenvalue weighted by Crippen LogP contribution is -2.41. The minimum atomic E-state index is -1.19. The highest BCUT2D eigenvalue weighted by molar-refractivity contribution is 6.54. The number of benzene rings is 1. The van der Waals surface area contributed by atoms with Gasteiger partial charge in [-0.2, -0.15) is 0 Å². The molecule has 1 aromatic carbocycles. The van der Waals surface area contributed by atoms with Crippen LogP contribution >= 0.6 is 23.2 Å². The molecule has 0 N–H and O–H groups in total. The van der Waals surface area contributed by atoms with Crippen molar-refractivity contribution >= 4 is 47.4 Å². The van der Waals surface area contributed by atoms with Crippen LogP contribution in [0.15, 0.2) is 33.3 Å². The number of rotatable bonds is 2. The van der Waals surface area contributed by atoms with Gasteiger partial charge in [0.25, 0.3) is 0 Å². The van der Waals surface area contributed by atoms with Crippen molar-refractivity contribution in [3.05, 3.63) is 50.0 Å². The van der Waals surface area contributed by atoms with Crippen molar-refractivity contribution in [3.8, 4) is 0 Å². The smallest absolute Gasteiger partial charge is 0.462 e. The first-order valence-corrected chi connectivity index (χ1v) is 8.41. The van der Waals surface area contributed by atoms with Gasteiger partial charge in [-0.1, -0.05) is 23.2 Å². The largest absolute Gasteiger partial charge is 0.525 e. The van der Waals surface area contributed by atoms with Crippen molar-refractivity contribution in [2.75, 3.05) is 0 Å². The summed E-state index contributed by atoms with van der Waals surface area (Å²) in [6.07, 6.45) is 2.19. The molecule has 0 bridgehead atoms. The van der Waals surface area contributed by atoms with Crippen molar-refractivity contribution in [2.45, 2.75) is 38.9 Å². The Bertz CT molecular complexity index is 920. The second-order valence-electron chi connectivity index (χ2n) is 6.90. The summed E-state index contributed by atoms with van der Waals surface area (Å²) < 4.78 is 31.2. The van der Waals surface area contributed by atoms with E-state index in [2.05, 4.69) is 0 Å². The van der Waals surface area contributed by atoms with Crippen molar-refractivity contribution in [2.24, 2.45) is 0 Å². The lowest BCUT2D eigenvalue weighted by Gasteiger charge is -2.32. The Morgan fingerprint density at radius 1 is 1.16 bits per heavy atom. The Morgan fingerprint density at radius 2 is 1.76 bits per heavy atom. The van der Waals surface area contributed by atoms with Gasteiger partial charge >= 0.3 is 7.12 Å². The molecule has 0 saturated carbocycles. The minimum Gasteiger partial charge on any atom is -0.462 e. The van der Waals surface area contributed by atoms with E-state index >= 15 is 0 Å². The Morgan fingerprint density at radius 3 is 2.36 bits per heavy atom. The van der Waals surface area contributed by atoms with Crippen LogP contribution in [0.4, 0.5) is 4.39 Å². The molecule has 1 fully saturated rings. The van der Waals surface area contributed by atoms with Crippen LogP contribution < -0.4 is 5.43 Å². The average molecular weight is 385 g/mol. The molecule has 4 nitrogen and oxygen atoms in total. The Balaban J connectivity index is 2.02. The summed E-state index contributed by atoms with van der Waals surface area (Å²) in [7, 11) is -1.19. The third-order valence-electron chi connectivity index (χ3n) is 4.59. The predicted octanol–water partition coefficient (Wildman–Crippen LogP) is 5.04. The lowest BCUT2D eigenvalue weighted by atomic mass is 9.87. The molecule has 0 aliphatic carbocycles. The van der Waals surface area contributed by atoms with Crippen LogP contribution in [0.2, 0.25) is 10.0 Å². The fourth-order valence-corrected chi connectivity index (χ4v) is 2.99. The van der Waals surface area contributed by atoms with E-state index in [1.807, 2.05) is 27.7 Å². The van der Waals surface area contributed by atoms with Crippen LogP contribution in [0.5, 0.6) is 0 Å². The molecule has 0 spiro atoms. The molecule has 1 aliphatic rings. The van der Waals surface area contributed by atoms with Crippen LogP contribution in [0.3, 0.4) is 0 Å². The van der Waals surface area contributed by atoms with E-state index in [-0.39, 0.29) is 26.6 Å². The maximum atomic E-state index is 14.6. The van der Waals surface area contributed by atoms with Gasteiger partial charge in [0, 0.05) is 5.02 Å². The van der Waals surface area contributed by atoms with Crippen LogP contribution in [-0.4, -0.2) is 18.3 Å². The number of halogens is 3. The minimum absolute atomic E-state index is 0.0121. The molecule has 1 aromatic heterocycles. The highest BCUT2D eigenvalue weighted by atomic mass is 35.5. The predicted molar refractivity (Wildman–Crippen MR) is 97.7 cm³/mol. The third-order valence-corrected chi connectivity index (χ3v) is 5.09. The van der Waals surface area contributed by atoms with Crippen molar-refractivity contribution < 1.29 is 18.1 Å². The van der Waals surface area contributed by atoms with Crippen LogP contribution in [-0.2, 0) is 9.31 Å². The molecule has 0 radical (unpaired) electrons. The highest BCUT2D eigenvalue weighted by Crippen LogP contribution is 2.39. The second-order valence-corrected chi connectivity index (χ2v) is 7.75. The average Bonchev–Trinajstić information content (AvgIpc) is 2.71. The zero-order valence-corrected chi connectivity index (χ0v) is 15.7. The van der Waals surface area contributed by atoms with Crippen molar-refractivity contribution in [1.82, 2.24) is 0 Å². The molecule has 2 aromatic rings. The molecule has 1 saturated heterocycles. The molecule has 3 rings (SSSR count). The van der Waals surface area contributed by atoms with Crippen LogP contribution in [0.25, 0.3) is 17.0 Å². The summed E-state index contributed by atoms with van der Waals surface area (Å²) in [5.41, 5.74) is -2.33. The molecular weight excluding hydrogens is 369 g/mol. The summed E-state index contributed by atoms with van der Waals surface area (Å²) in [5.74, 6) is 0. The fraction of sp³-hybridized carbons (Fsp3) is 0.353. The molecule has 8 heteroatoms. The molecule has 132 valence electrons. The van der Waals surface area contributed by atoms with Crippen molar-refractivity contribution in [3.63, 3.8) is 0 Å². The molecular formula is C17H16BCl2FO4. The fourth-order valence-electron chi connectivity index (χ4n) is 2.45. The monoisotopic (exact) mass is 384 g/mol. The van der Waals surface area contributed by atoms with E-state index in [9.17, 15) is 9.18 Å². The van der Waals surface area contributed by atoms with Gasteiger partial charge in [0.1, 0.15) is 12.0 Å². The Hall–Kier alpha value is -1.34. The van der Waals surface area contributed by atoms with Gasteiger partial charge in [0.2, 0.25) is 0 Å². The van der Waals surface area contributed by atoms with Gasteiger partial charge in [0.05, 0.1) is 27.2 Å². The summed E-state index contributed by atoms with van der Waals surface area (Å²) in [6, 6.07) is 2.90. The second kappa shape index (κ2) is 6.13. The van der Waals surface area contributed by atoms with E-state index in [1.165, 1.54) is 12.1 Å². The first kappa shape index (κ1) is 18.5. The molecule has 25 heavy (non-hydrogen) atoms. The molecule has 0 amide bonds. The number of hydrogen-bond donors (Lipinski definition) is 0. The quantitative estimate of drug-likeness (QED) is 0.680. The third kappa shape index (κ3) is 3.24. The van der Waals surface area contributed by atoms with Crippen LogP contribution in [0, 0.1) is 0 Å². The van der Waals surface area contributed by atoms with Gasteiger partial charge in [-0.3, -0.25) is 4.79 Å². The van der Waals surface area contributed by atoms with Gasteiger partial charge < -0.3 is 13.7 Å². The number of fused-ring (bicyclic) bond motifs is 1.